The second-order valence-corrected chi connectivity index (χ2v) is 6.25. The lowest BCUT2D eigenvalue weighted by Crippen LogP contribution is -2.47. The van der Waals surface area contributed by atoms with E-state index in [1.165, 1.54) is 19.1 Å². The van der Waals surface area contributed by atoms with Gasteiger partial charge in [0, 0.05) is 11.4 Å². The number of anilines is 1. The van der Waals surface area contributed by atoms with E-state index in [2.05, 4.69) is 26.6 Å². The summed E-state index contributed by atoms with van der Waals surface area (Å²) in [6.07, 6.45) is 3.92. The molecule has 0 spiro atoms. The van der Waals surface area contributed by atoms with Gasteiger partial charge in [-0.2, -0.15) is 0 Å². The number of nitrogens with one attached hydrogen (secondary N) is 2. The second-order valence-electron chi connectivity index (χ2n) is 5.34. The van der Waals surface area contributed by atoms with Gasteiger partial charge in [-0.25, -0.2) is 4.39 Å². The number of rotatable bonds is 4. The molecule has 2 N–H and O–H groups in total. The summed E-state index contributed by atoms with van der Waals surface area (Å²) in [5.41, 5.74) is 0.122. The number of hydrogen-bond acceptors (Lipinski definition) is 2. The van der Waals surface area contributed by atoms with Gasteiger partial charge >= 0.3 is 0 Å². The van der Waals surface area contributed by atoms with Crippen LogP contribution in [0.2, 0.25) is 0 Å². The van der Waals surface area contributed by atoms with E-state index in [-0.39, 0.29) is 23.4 Å². The molecule has 0 heterocycles. The SMILES string of the molecule is CC(=O)NC(C(=O)Nc1ccc(Br)cc1F)C1CCCC1. The Morgan fingerprint density at radius 2 is 2.00 bits per heavy atom. The van der Waals surface area contributed by atoms with Gasteiger partial charge in [-0.15, -0.1) is 0 Å². The summed E-state index contributed by atoms with van der Waals surface area (Å²) in [6.45, 7) is 1.38. The fraction of sp³-hybridized carbons (Fsp3) is 0.467. The minimum Gasteiger partial charge on any atom is -0.344 e. The van der Waals surface area contributed by atoms with E-state index in [0.717, 1.165) is 25.7 Å². The normalized spacial score (nSPS) is 16.5. The molecule has 1 aromatic carbocycles. The van der Waals surface area contributed by atoms with Crippen LogP contribution in [0.5, 0.6) is 0 Å². The Morgan fingerprint density at radius 3 is 2.57 bits per heavy atom. The molecule has 0 saturated heterocycles. The van der Waals surface area contributed by atoms with Gasteiger partial charge in [0.25, 0.3) is 0 Å². The topological polar surface area (TPSA) is 58.2 Å². The zero-order valence-corrected chi connectivity index (χ0v) is 13.4. The molecule has 6 heteroatoms. The first-order chi connectivity index (χ1) is 9.97. The standard InChI is InChI=1S/C15H18BrFN2O2/c1-9(20)18-14(10-4-2-3-5-10)15(21)19-13-7-6-11(16)8-12(13)17/h6-8,10,14H,2-5H2,1H3,(H,18,20)(H,19,21). The molecule has 1 fully saturated rings. The number of carbonyl (C=O) groups is 2. The van der Waals surface area contributed by atoms with Crippen LogP contribution in [0.3, 0.4) is 0 Å². The number of hydrogen-bond donors (Lipinski definition) is 2. The smallest absolute Gasteiger partial charge is 0.247 e. The number of halogens is 2. The molecule has 2 rings (SSSR count). The maximum absolute atomic E-state index is 13.8. The van der Waals surface area contributed by atoms with Crippen molar-refractivity contribution in [1.82, 2.24) is 5.32 Å². The van der Waals surface area contributed by atoms with Crippen LogP contribution in [0.15, 0.2) is 22.7 Å². The highest BCUT2D eigenvalue weighted by Gasteiger charge is 2.31. The van der Waals surface area contributed by atoms with Gasteiger partial charge in [0.2, 0.25) is 11.8 Å². The first-order valence-electron chi connectivity index (χ1n) is 7.00. The Balaban J connectivity index is 2.11. The highest BCUT2D eigenvalue weighted by molar-refractivity contribution is 9.10. The molecule has 1 aliphatic rings. The lowest BCUT2D eigenvalue weighted by molar-refractivity contribution is -0.126. The Labute approximate surface area is 131 Å². The highest BCUT2D eigenvalue weighted by Crippen LogP contribution is 2.29. The molecule has 0 aromatic heterocycles. The summed E-state index contributed by atoms with van der Waals surface area (Å²) in [5, 5.41) is 5.26. The third kappa shape index (κ3) is 4.27. The van der Waals surface area contributed by atoms with Crippen molar-refractivity contribution < 1.29 is 14.0 Å². The van der Waals surface area contributed by atoms with Gasteiger partial charge in [-0.05, 0) is 37.0 Å². The van der Waals surface area contributed by atoms with Crippen LogP contribution >= 0.6 is 15.9 Å². The zero-order chi connectivity index (χ0) is 15.4. The number of carbonyl (C=O) groups excluding carboxylic acids is 2. The molecule has 1 saturated carbocycles. The van der Waals surface area contributed by atoms with Gasteiger partial charge in [-0.3, -0.25) is 9.59 Å². The van der Waals surface area contributed by atoms with E-state index in [0.29, 0.717) is 4.47 Å². The third-order valence-corrected chi connectivity index (χ3v) is 4.19. The molecule has 1 unspecified atom stereocenters. The van der Waals surface area contributed by atoms with Gasteiger partial charge in [0.15, 0.2) is 0 Å². The van der Waals surface area contributed by atoms with Crippen LogP contribution < -0.4 is 10.6 Å². The molecule has 2 amide bonds. The van der Waals surface area contributed by atoms with Gasteiger partial charge in [-0.1, -0.05) is 28.8 Å². The van der Waals surface area contributed by atoms with Gasteiger partial charge in [0.1, 0.15) is 11.9 Å². The van der Waals surface area contributed by atoms with Crippen LogP contribution in [0.1, 0.15) is 32.6 Å². The second kappa shape index (κ2) is 7.02. The molecule has 0 aliphatic heterocycles. The van der Waals surface area contributed by atoms with E-state index >= 15 is 0 Å². The maximum atomic E-state index is 13.8. The van der Waals surface area contributed by atoms with E-state index in [9.17, 15) is 14.0 Å². The van der Waals surface area contributed by atoms with Crippen LogP contribution in [0, 0.1) is 11.7 Å². The third-order valence-electron chi connectivity index (χ3n) is 3.70. The molecule has 4 nitrogen and oxygen atoms in total. The quantitative estimate of drug-likeness (QED) is 0.869. The molecule has 114 valence electrons. The highest BCUT2D eigenvalue weighted by atomic mass is 79.9. The van der Waals surface area contributed by atoms with Crippen molar-refractivity contribution in [3.8, 4) is 0 Å². The molecular weight excluding hydrogens is 339 g/mol. The van der Waals surface area contributed by atoms with Crippen molar-refractivity contribution in [3.05, 3.63) is 28.5 Å². The Bertz CT molecular complexity index is 544. The minimum atomic E-state index is -0.604. The van der Waals surface area contributed by atoms with E-state index in [4.69, 9.17) is 0 Å². The average Bonchev–Trinajstić information content (AvgIpc) is 2.92. The van der Waals surface area contributed by atoms with Crippen LogP contribution in [0.25, 0.3) is 0 Å². The first kappa shape index (κ1) is 15.9. The molecule has 1 atom stereocenters. The summed E-state index contributed by atoms with van der Waals surface area (Å²) in [7, 11) is 0. The molecule has 21 heavy (non-hydrogen) atoms. The summed E-state index contributed by atoms with van der Waals surface area (Å²) in [6, 6.07) is 3.84. The summed E-state index contributed by atoms with van der Waals surface area (Å²) in [5.74, 6) is -1.00. The average molecular weight is 357 g/mol. The maximum Gasteiger partial charge on any atom is 0.247 e. The summed E-state index contributed by atoms with van der Waals surface area (Å²) >= 11 is 3.17. The monoisotopic (exact) mass is 356 g/mol. The van der Waals surface area contributed by atoms with Gasteiger partial charge in [0.05, 0.1) is 5.69 Å². The van der Waals surface area contributed by atoms with E-state index in [1.807, 2.05) is 0 Å². The van der Waals surface area contributed by atoms with Crippen molar-refractivity contribution in [2.24, 2.45) is 5.92 Å². The minimum absolute atomic E-state index is 0.118. The largest absolute Gasteiger partial charge is 0.344 e. The van der Waals surface area contributed by atoms with Gasteiger partial charge < -0.3 is 10.6 Å². The van der Waals surface area contributed by atoms with E-state index < -0.39 is 11.9 Å². The van der Waals surface area contributed by atoms with Crippen molar-refractivity contribution in [3.63, 3.8) is 0 Å². The number of benzene rings is 1. The van der Waals surface area contributed by atoms with Crippen molar-refractivity contribution in [2.45, 2.75) is 38.6 Å². The van der Waals surface area contributed by atoms with Crippen molar-refractivity contribution >= 4 is 33.4 Å². The lowest BCUT2D eigenvalue weighted by atomic mass is 9.97. The molecule has 1 aromatic rings. The van der Waals surface area contributed by atoms with Crippen LogP contribution in [-0.4, -0.2) is 17.9 Å². The molecular formula is C15H18BrFN2O2. The van der Waals surface area contributed by atoms with Crippen LogP contribution in [-0.2, 0) is 9.59 Å². The van der Waals surface area contributed by atoms with E-state index in [1.54, 1.807) is 6.07 Å². The lowest BCUT2D eigenvalue weighted by Gasteiger charge is -2.23. The Kier molecular flexibility index (Phi) is 5.33. The molecule has 0 bridgehead atoms. The molecule has 0 radical (unpaired) electrons. The fourth-order valence-electron chi connectivity index (χ4n) is 2.71. The van der Waals surface area contributed by atoms with Crippen molar-refractivity contribution in [2.75, 3.05) is 5.32 Å². The Hall–Kier alpha value is -1.43. The summed E-state index contributed by atoms with van der Waals surface area (Å²) < 4.78 is 14.4. The zero-order valence-electron chi connectivity index (χ0n) is 11.8. The first-order valence-corrected chi connectivity index (χ1v) is 7.79. The fourth-order valence-corrected chi connectivity index (χ4v) is 3.04. The predicted molar refractivity (Wildman–Crippen MR) is 82.3 cm³/mol. The Morgan fingerprint density at radius 1 is 1.33 bits per heavy atom. The molecule has 1 aliphatic carbocycles. The number of amides is 2. The predicted octanol–water partition coefficient (Wildman–Crippen LogP) is 3.22. The van der Waals surface area contributed by atoms with Crippen LogP contribution in [0.4, 0.5) is 10.1 Å². The van der Waals surface area contributed by atoms with Crippen molar-refractivity contribution in [1.29, 1.82) is 0 Å². The summed E-state index contributed by atoms with van der Waals surface area (Å²) in [4.78, 5) is 23.7.